The second-order valence-electron chi connectivity index (χ2n) is 10.9. The summed E-state index contributed by atoms with van der Waals surface area (Å²) in [6.07, 6.45) is 4.71. The van der Waals surface area contributed by atoms with Crippen molar-refractivity contribution in [2.45, 2.75) is 56.7 Å². The van der Waals surface area contributed by atoms with Crippen molar-refractivity contribution >= 4 is 17.7 Å². The maximum Gasteiger partial charge on any atom is 0.246 e. The number of rotatable bonds is 1. The van der Waals surface area contributed by atoms with Crippen LogP contribution < -0.4 is 16.0 Å². The van der Waals surface area contributed by atoms with Crippen LogP contribution in [0, 0.1) is 11.8 Å². The van der Waals surface area contributed by atoms with Crippen molar-refractivity contribution in [2.75, 3.05) is 79.4 Å². The minimum atomic E-state index is -0.271. The molecule has 4 heterocycles. The summed E-state index contributed by atoms with van der Waals surface area (Å²) in [4.78, 5) is 43.0. The Labute approximate surface area is 220 Å². The third kappa shape index (κ3) is 8.61. The molecule has 0 radical (unpaired) electrons. The summed E-state index contributed by atoms with van der Waals surface area (Å²) in [5, 5.41) is 9.22. The Kier molecular flexibility index (Phi) is 11.0. The largest absolute Gasteiger partial charge is 0.381 e. The minimum absolute atomic E-state index is 0.0287. The summed E-state index contributed by atoms with van der Waals surface area (Å²) >= 11 is 0. The molecule has 3 N–H and O–H groups in total. The smallest absolute Gasteiger partial charge is 0.246 e. The number of hydrogen-bond acceptors (Lipinski definition) is 8. The van der Waals surface area contributed by atoms with Crippen LogP contribution in [0.1, 0.15) is 38.5 Å². The summed E-state index contributed by atoms with van der Waals surface area (Å²) in [6.45, 7) is 6.07. The molecule has 3 amide bonds. The molecule has 0 spiro atoms. The number of ether oxygens (including phenoxy) is 3. The average molecular weight is 524 g/mol. The Morgan fingerprint density at radius 3 is 2.41 bits per heavy atom. The number of nitrogens with one attached hydrogen (secondary N) is 3. The van der Waals surface area contributed by atoms with Gasteiger partial charge >= 0.3 is 0 Å². The lowest BCUT2D eigenvalue weighted by molar-refractivity contribution is -0.128. The highest BCUT2D eigenvalue weighted by molar-refractivity contribution is 5.83. The third-order valence-electron chi connectivity index (χ3n) is 8.20. The Bertz CT molecular complexity index is 764. The van der Waals surface area contributed by atoms with E-state index in [1.165, 1.54) is 0 Å². The van der Waals surface area contributed by atoms with Gasteiger partial charge in [0.25, 0.3) is 0 Å². The molecule has 0 aromatic heterocycles. The van der Waals surface area contributed by atoms with Gasteiger partial charge in [0.15, 0.2) is 0 Å². The van der Waals surface area contributed by atoms with Crippen molar-refractivity contribution in [3.05, 3.63) is 0 Å². The topological polar surface area (TPSA) is 121 Å². The van der Waals surface area contributed by atoms with Crippen molar-refractivity contribution in [1.82, 2.24) is 25.8 Å². The number of hydrogen-bond donors (Lipinski definition) is 3. The highest BCUT2D eigenvalue weighted by Crippen LogP contribution is 2.29. The lowest BCUT2D eigenvalue weighted by Gasteiger charge is -2.37. The van der Waals surface area contributed by atoms with Gasteiger partial charge in [0.05, 0.1) is 25.9 Å². The molecule has 4 fully saturated rings. The molecule has 0 aromatic carbocycles. The van der Waals surface area contributed by atoms with Gasteiger partial charge in [-0.05, 0) is 57.5 Å². The number of nitrogens with zero attached hydrogens (tertiary/aromatic N) is 2. The van der Waals surface area contributed by atoms with E-state index in [4.69, 9.17) is 14.2 Å². The van der Waals surface area contributed by atoms with Gasteiger partial charge in [-0.15, -0.1) is 0 Å². The number of piperidine rings is 1. The van der Waals surface area contributed by atoms with Crippen LogP contribution in [0.4, 0.5) is 0 Å². The molecule has 2 bridgehead atoms. The van der Waals surface area contributed by atoms with Crippen LogP contribution in [0.3, 0.4) is 0 Å². The molecule has 37 heavy (non-hydrogen) atoms. The summed E-state index contributed by atoms with van der Waals surface area (Å²) in [7, 11) is 2.12. The zero-order valence-electron chi connectivity index (χ0n) is 22.3. The first-order chi connectivity index (χ1) is 18.0. The second-order valence-corrected chi connectivity index (χ2v) is 10.9. The van der Waals surface area contributed by atoms with Crippen LogP contribution in [0.15, 0.2) is 0 Å². The van der Waals surface area contributed by atoms with Gasteiger partial charge < -0.3 is 35.1 Å². The number of amides is 3. The minimum Gasteiger partial charge on any atom is -0.381 e. The molecule has 4 rings (SSSR count). The molecule has 4 aliphatic rings. The normalized spacial score (nSPS) is 33.5. The molecule has 11 heteroatoms. The number of carbonyl (C=O) groups excluding carboxylic acids is 3. The predicted molar refractivity (Wildman–Crippen MR) is 137 cm³/mol. The van der Waals surface area contributed by atoms with Crippen LogP contribution in [0.2, 0.25) is 0 Å². The van der Waals surface area contributed by atoms with Crippen LogP contribution >= 0.6 is 0 Å². The first-order valence-electron chi connectivity index (χ1n) is 14.0. The van der Waals surface area contributed by atoms with E-state index in [0.29, 0.717) is 77.3 Å². The zero-order chi connectivity index (χ0) is 26.0. The van der Waals surface area contributed by atoms with Crippen molar-refractivity contribution < 1.29 is 28.6 Å². The molecule has 4 saturated heterocycles. The molecule has 4 atom stereocenters. The molecule has 11 nitrogen and oxygen atoms in total. The van der Waals surface area contributed by atoms with E-state index in [9.17, 15) is 14.4 Å². The highest BCUT2D eigenvalue weighted by atomic mass is 16.5. The summed E-state index contributed by atoms with van der Waals surface area (Å²) in [5.74, 6) is 0.565. The van der Waals surface area contributed by atoms with Crippen molar-refractivity contribution in [2.24, 2.45) is 11.8 Å². The fraction of sp³-hybridized carbons (Fsp3) is 0.885. The quantitative estimate of drug-likeness (QED) is 0.415. The van der Waals surface area contributed by atoms with Crippen LogP contribution in [-0.2, 0) is 28.6 Å². The second kappa shape index (κ2) is 14.4. The number of likely N-dealkylation sites (tertiary alicyclic amines) is 2. The third-order valence-corrected chi connectivity index (χ3v) is 8.20. The predicted octanol–water partition coefficient (Wildman–Crippen LogP) is -0.648. The first kappa shape index (κ1) is 28.2. The van der Waals surface area contributed by atoms with E-state index >= 15 is 0 Å². The monoisotopic (exact) mass is 523 g/mol. The van der Waals surface area contributed by atoms with E-state index in [-0.39, 0.29) is 42.5 Å². The summed E-state index contributed by atoms with van der Waals surface area (Å²) in [5.41, 5.74) is 0. The van der Waals surface area contributed by atoms with Gasteiger partial charge in [-0.1, -0.05) is 0 Å². The number of carbonyl (C=O) groups is 3. The maximum absolute atomic E-state index is 13.4. The lowest BCUT2D eigenvalue weighted by Crippen LogP contribution is -2.50. The molecule has 4 aliphatic heterocycles. The van der Waals surface area contributed by atoms with Crippen LogP contribution in [-0.4, -0.2) is 125 Å². The standard InChI is InChI=1S/C26H45N5O6/c1-30-8-3-19-14-24(32)27-7-11-36-12-13-37-18-25(33)29-21-15-23(26(34)28-6-2-20(19)16-30)31(17-21)22-4-9-35-10-5-22/h19-23H,2-18H2,1H3,(H,27,32)(H,28,34)(H,29,33)/t19-,20-,21-,23-/m0/s1. The Morgan fingerprint density at radius 2 is 1.57 bits per heavy atom. The summed E-state index contributed by atoms with van der Waals surface area (Å²) in [6, 6.07) is -0.0822. The Balaban J connectivity index is 1.40. The van der Waals surface area contributed by atoms with E-state index in [1.54, 1.807) is 0 Å². The fourth-order valence-electron chi connectivity index (χ4n) is 6.23. The van der Waals surface area contributed by atoms with Crippen molar-refractivity contribution in [1.29, 1.82) is 0 Å². The Hall–Kier alpha value is -1.79. The van der Waals surface area contributed by atoms with E-state index < -0.39 is 0 Å². The lowest BCUT2D eigenvalue weighted by atomic mass is 9.81. The molecule has 0 saturated carbocycles. The molecular formula is C26H45N5O6. The van der Waals surface area contributed by atoms with E-state index in [2.05, 4.69) is 32.8 Å². The van der Waals surface area contributed by atoms with Gasteiger partial charge in [-0.3, -0.25) is 19.3 Å². The first-order valence-corrected chi connectivity index (χ1v) is 14.0. The number of fused-ring (bicyclic) bond motifs is 3. The van der Waals surface area contributed by atoms with Gasteiger partial charge in [0.1, 0.15) is 6.61 Å². The van der Waals surface area contributed by atoms with Gasteiger partial charge in [0, 0.05) is 57.9 Å². The van der Waals surface area contributed by atoms with E-state index in [1.807, 2.05) is 0 Å². The average Bonchev–Trinajstić information content (AvgIpc) is 3.31. The maximum atomic E-state index is 13.4. The van der Waals surface area contributed by atoms with Crippen LogP contribution in [0.5, 0.6) is 0 Å². The van der Waals surface area contributed by atoms with Crippen LogP contribution in [0.25, 0.3) is 0 Å². The zero-order valence-corrected chi connectivity index (χ0v) is 22.3. The SMILES string of the molecule is CN1CC[C@H]2CC(=O)NCCOCCOCC(=O)N[C@H]3C[C@@H](C(=O)NCC[C@H]2C1)N(C1CCOCC1)C3. The van der Waals surface area contributed by atoms with Gasteiger partial charge in [-0.2, -0.15) is 0 Å². The van der Waals surface area contributed by atoms with Crippen molar-refractivity contribution in [3.63, 3.8) is 0 Å². The Morgan fingerprint density at radius 1 is 0.784 bits per heavy atom. The highest BCUT2D eigenvalue weighted by Gasteiger charge is 2.41. The van der Waals surface area contributed by atoms with E-state index in [0.717, 1.165) is 38.8 Å². The fourth-order valence-corrected chi connectivity index (χ4v) is 6.23. The van der Waals surface area contributed by atoms with Crippen molar-refractivity contribution in [3.8, 4) is 0 Å². The molecule has 0 unspecified atom stereocenters. The van der Waals surface area contributed by atoms with Gasteiger partial charge in [0.2, 0.25) is 17.7 Å². The van der Waals surface area contributed by atoms with Gasteiger partial charge in [-0.25, -0.2) is 0 Å². The molecule has 0 aromatic rings. The summed E-state index contributed by atoms with van der Waals surface area (Å²) < 4.78 is 16.5. The molecule has 0 aliphatic carbocycles. The molecule has 210 valence electrons. The molecular weight excluding hydrogens is 478 g/mol.